The van der Waals surface area contributed by atoms with Crippen LogP contribution in [0, 0.1) is 19.7 Å². The molecule has 4 rings (SSSR count). The van der Waals surface area contributed by atoms with Crippen LogP contribution < -0.4 is 0 Å². The maximum atomic E-state index is 13.1. The van der Waals surface area contributed by atoms with Gasteiger partial charge in [0.1, 0.15) is 5.82 Å². The van der Waals surface area contributed by atoms with Crippen LogP contribution in [0.5, 0.6) is 0 Å². The Balaban J connectivity index is 1.51. The number of likely N-dealkylation sites (tertiary alicyclic amines) is 1. The van der Waals surface area contributed by atoms with E-state index in [2.05, 4.69) is 16.2 Å². The molecule has 1 fully saturated rings. The van der Waals surface area contributed by atoms with E-state index in [1.807, 2.05) is 30.9 Å². The van der Waals surface area contributed by atoms with E-state index in [4.69, 9.17) is 4.52 Å². The number of carbonyl (C=O) groups excluding carboxylic acids is 1. The molecular weight excluding hydrogens is 357 g/mol. The van der Waals surface area contributed by atoms with Crippen LogP contribution in [-0.2, 0) is 0 Å². The van der Waals surface area contributed by atoms with Crippen LogP contribution in [0.4, 0.5) is 4.39 Å². The minimum Gasteiger partial charge on any atom is -0.339 e. The average molecular weight is 379 g/mol. The van der Waals surface area contributed by atoms with Crippen LogP contribution in [0.2, 0.25) is 0 Å². The number of halogens is 1. The maximum Gasteiger partial charge on any atom is 0.253 e. The van der Waals surface area contributed by atoms with Crippen molar-refractivity contribution in [3.05, 3.63) is 70.9 Å². The van der Waals surface area contributed by atoms with E-state index < -0.39 is 0 Å². The molecule has 3 aromatic rings. The number of carbonyl (C=O) groups is 1. The van der Waals surface area contributed by atoms with E-state index in [1.54, 1.807) is 12.1 Å². The van der Waals surface area contributed by atoms with Crippen molar-refractivity contribution in [2.24, 2.45) is 0 Å². The molecular formula is C22H22FN3O2. The number of amides is 1. The average Bonchev–Trinajstić information content (AvgIpc) is 3.17. The van der Waals surface area contributed by atoms with Crippen molar-refractivity contribution in [3.63, 3.8) is 0 Å². The van der Waals surface area contributed by atoms with Gasteiger partial charge in [-0.25, -0.2) is 4.39 Å². The second-order valence-electron chi connectivity index (χ2n) is 7.43. The maximum absolute atomic E-state index is 13.1. The summed E-state index contributed by atoms with van der Waals surface area (Å²) in [4.78, 5) is 19.3. The highest BCUT2D eigenvalue weighted by molar-refractivity contribution is 5.94. The van der Waals surface area contributed by atoms with Crippen molar-refractivity contribution in [1.82, 2.24) is 15.0 Å². The third-order valence-corrected chi connectivity index (χ3v) is 5.07. The number of aromatic nitrogens is 2. The highest BCUT2D eigenvalue weighted by Gasteiger charge is 2.29. The first-order chi connectivity index (χ1) is 13.5. The molecule has 0 spiro atoms. The molecule has 1 aliphatic rings. The fourth-order valence-electron chi connectivity index (χ4n) is 3.76. The van der Waals surface area contributed by atoms with Gasteiger partial charge in [-0.05, 0) is 63.1 Å². The zero-order valence-electron chi connectivity index (χ0n) is 16.0. The van der Waals surface area contributed by atoms with E-state index in [9.17, 15) is 9.18 Å². The molecule has 5 nitrogen and oxygen atoms in total. The van der Waals surface area contributed by atoms with Crippen LogP contribution in [0.1, 0.15) is 46.1 Å². The van der Waals surface area contributed by atoms with Crippen molar-refractivity contribution in [1.29, 1.82) is 0 Å². The smallest absolute Gasteiger partial charge is 0.253 e. The molecule has 0 aliphatic carbocycles. The molecule has 0 unspecified atom stereocenters. The zero-order valence-corrected chi connectivity index (χ0v) is 16.0. The minimum atomic E-state index is -0.305. The van der Waals surface area contributed by atoms with Gasteiger partial charge in [0.2, 0.25) is 11.7 Å². The lowest BCUT2D eigenvalue weighted by atomic mass is 9.96. The van der Waals surface area contributed by atoms with Crippen molar-refractivity contribution >= 4 is 5.91 Å². The molecule has 1 aromatic heterocycles. The first-order valence-electron chi connectivity index (χ1n) is 9.47. The molecule has 1 saturated heterocycles. The molecule has 0 N–H and O–H groups in total. The Hall–Kier alpha value is -3.02. The van der Waals surface area contributed by atoms with Gasteiger partial charge in [-0.1, -0.05) is 22.3 Å². The van der Waals surface area contributed by atoms with E-state index in [0.29, 0.717) is 23.8 Å². The summed E-state index contributed by atoms with van der Waals surface area (Å²) in [5.74, 6) is 0.699. The Labute approximate surface area is 163 Å². The second kappa shape index (κ2) is 7.54. The van der Waals surface area contributed by atoms with Crippen molar-refractivity contribution < 1.29 is 13.7 Å². The third-order valence-electron chi connectivity index (χ3n) is 5.07. The summed E-state index contributed by atoms with van der Waals surface area (Å²) in [5, 5.41) is 4.03. The van der Waals surface area contributed by atoms with Crippen LogP contribution >= 0.6 is 0 Å². The van der Waals surface area contributed by atoms with Crippen LogP contribution in [0.3, 0.4) is 0 Å². The second-order valence-corrected chi connectivity index (χ2v) is 7.43. The van der Waals surface area contributed by atoms with Crippen molar-refractivity contribution in [2.75, 3.05) is 13.1 Å². The van der Waals surface area contributed by atoms with Crippen LogP contribution in [-0.4, -0.2) is 34.0 Å². The summed E-state index contributed by atoms with van der Waals surface area (Å²) in [6.07, 6.45) is 1.77. The van der Waals surface area contributed by atoms with E-state index in [1.165, 1.54) is 12.1 Å². The van der Waals surface area contributed by atoms with Gasteiger partial charge in [-0.2, -0.15) is 4.98 Å². The molecule has 1 atom stereocenters. The summed E-state index contributed by atoms with van der Waals surface area (Å²) in [6, 6.07) is 11.9. The van der Waals surface area contributed by atoms with Gasteiger partial charge in [-0.3, -0.25) is 4.79 Å². The number of piperidine rings is 1. The highest BCUT2D eigenvalue weighted by atomic mass is 19.1. The zero-order chi connectivity index (χ0) is 19.7. The van der Waals surface area contributed by atoms with Crippen LogP contribution in [0.25, 0.3) is 11.4 Å². The fourth-order valence-corrected chi connectivity index (χ4v) is 3.76. The Morgan fingerprint density at radius 1 is 1.14 bits per heavy atom. The molecule has 2 heterocycles. The largest absolute Gasteiger partial charge is 0.339 e. The summed E-state index contributed by atoms with van der Waals surface area (Å²) in [7, 11) is 0. The standard InChI is InChI=1S/C22H22FN3O2/c1-14-10-15(2)12-18(11-14)22(27)26-9-3-4-17(13-26)21-24-20(25-28-21)16-5-7-19(23)8-6-16/h5-8,10-12,17H,3-4,9,13H2,1-2H3/t17-/m1/s1. The summed E-state index contributed by atoms with van der Waals surface area (Å²) < 4.78 is 18.6. The van der Waals surface area contributed by atoms with Gasteiger partial charge in [0, 0.05) is 24.2 Å². The first kappa shape index (κ1) is 18.3. The Morgan fingerprint density at radius 2 is 1.86 bits per heavy atom. The predicted molar refractivity (Wildman–Crippen MR) is 103 cm³/mol. The SMILES string of the molecule is Cc1cc(C)cc(C(=O)N2CCC[C@@H](c3nc(-c4ccc(F)cc4)no3)C2)c1. The van der Waals surface area contributed by atoms with E-state index >= 15 is 0 Å². The molecule has 6 heteroatoms. The summed E-state index contributed by atoms with van der Waals surface area (Å²) >= 11 is 0. The number of hydrogen-bond donors (Lipinski definition) is 0. The molecule has 1 aliphatic heterocycles. The first-order valence-corrected chi connectivity index (χ1v) is 9.47. The van der Waals surface area contributed by atoms with E-state index in [0.717, 1.165) is 36.1 Å². The van der Waals surface area contributed by atoms with E-state index in [-0.39, 0.29) is 17.6 Å². The lowest BCUT2D eigenvalue weighted by Gasteiger charge is -2.31. The van der Waals surface area contributed by atoms with Crippen molar-refractivity contribution in [3.8, 4) is 11.4 Å². The van der Waals surface area contributed by atoms with Gasteiger partial charge < -0.3 is 9.42 Å². The van der Waals surface area contributed by atoms with Gasteiger partial charge in [0.15, 0.2) is 0 Å². The predicted octanol–water partition coefficient (Wildman–Crippen LogP) is 4.51. The molecule has 144 valence electrons. The molecule has 0 saturated carbocycles. The number of rotatable bonds is 3. The summed E-state index contributed by atoms with van der Waals surface area (Å²) in [6.45, 7) is 5.27. The monoisotopic (exact) mass is 379 g/mol. The van der Waals surface area contributed by atoms with Gasteiger partial charge in [-0.15, -0.1) is 0 Å². The minimum absolute atomic E-state index is 0.00491. The van der Waals surface area contributed by atoms with Crippen LogP contribution in [0.15, 0.2) is 47.0 Å². The lowest BCUT2D eigenvalue weighted by molar-refractivity contribution is 0.0695. The number of aryl methyl sites for hydroxylation is 2. The topological polar surface area (TPSA) is 59.2 Å². The normalized spacial score (nSPS) is 17.0. The Morgan fingerprint density at radius 3 is 2.57 bits per heavy atom. The number of nitrogens with zero attached hydrogens (tertiary/aromatic N) is 3. The number of benzene rings is 2. The lowest BCUT2D eigenvalue weighted by Crippen LogP contribution is -2.39. The highest BCUT2D eigenvalue weighted by Crippen LogP contribution is 2.28. The number of hydrogen-bond acceptors (Lipinski definition) is 4. The molecule has 0 radical (unpaired) electrons. The van der Waals surface area contributed by atoms with Gasteiger partial charge in [0.05, 0.1) is 5.92 Å². The Bertz CT molecular complexity index is 977. The van der Waals surface area contributed by atoms with Gasteiger partial charge >= 0.3 is 0 Å². The third kappa shape index (κ3) is 3.81. The van der Waals surface area contributed by atoms with Gasteiger partial charge in [0.25, 0.3) is 5.91 Å². The molecule has 28 heavy (non-hydrogen) atoms. The van der Waals surface area contributed by atoms with Crippen molar-refractivity contribution in [2.45, 2.75) is 32.6 Å². The molecule has 2 aromatic carbocycles. The molecule has 0 bridgehead atoms. The Kier molecular flexibility index (Phi) is 4.94. The molecule has 1 amide bonds. The fraction of sp³-hybridized carbons (Fsp3) is 0.318. The quantitative estimate of drug-likeness (QED) is 0.672. The summed E-state index contributed by atoms with van der Waals surface area (Å²) in [5.41, 5.74) is 3.58.